The summed E-state index contributed by atoms with van der Waals surface area (Å²) in [4.78, 5) is 2.41. The zero-order valence-corrected chi connectivity index (χ0v) is 10.9. The quantitative estimate of drug-likeness (QED) is 0.777. The van der Waals surface area contributed by atoms with Crippen molar-refractivity contribution in [3.8, 4) is 0 Å². The molecule has 0 fully saturated rings. The van der Waals surface area contributed by atoms with Crippen molar-refractivity contribution in [2.24, 2.45) is 0 Å². The van der Waals surface area contributed by atoms with E-state index < -0.39 is 0 Å². The van der Waals surface area contributed by atoms with Crippen LogP contribution in [0.1, 0.15) is 20.3 Å². The molecule has 7 heteroatoms. The first-order valence-electron chi connectivity index (χ1n) is 6.35. The molecule has 1 N–H and O–H groups in total. The first-order chi connectivity index (χ1) is 8.83. The number of fused-ring (bicyclic) bond motifs is 1. The molecule has 7 nitrogen and oxygen atoms in total. The third kappa shape index (κ3) is 3.13. The zero-order chi connectivity index (χ0) is 12.8. The average Bonchev–Trinajstić information content (AvgIpc) is 2.85. The summed E-state index contributed by atoms with van der Waals surface area (Å²) in [6, 6.07) is 3.74. The molecule has 0 aliphatic carbocycles. The largest absolute Gasteiger partial charge is 0.367 e. The van der Waals surface area contributed by atoms with Crippen LogP contribution in [0.4, 0.5) is 5.82 Å². The SMILES string of the molecule is CCCN(CC)CCNc1ccc2nnnn2n1. The summed E-state index contributed by atoms with van der Waals surface area (Å²) in [5.74, 6) is 0.794. The van der Waals surface area contributed by atoms with E-state index in [1.165, 1.54) is 11.1 Å². The van der Waals surface area contributed by atoms with E-state index in [1.807, 2.05) is 12.1 Å². The highest BCUT2D eigenvalue weighted by molar-refractivity contribution is 5.41. The number of anilines is 1. The Balaban J connectivity index is 1.85. The number of tetrazole rings is 1. The van der Waals surface area contributed by atoms with E-state index in [-0.39, 0.29) is 0 Å². The van der Waals surface area contributed by atoms with Crippen molar-refractivity contribution in [2.75, 3.05) is 31.5 Å². The lowest BCUT2D eigenvalue weighted by atomic mass is 10.4. The van der Waals surface area contributed by atoms with Crippen LogP contribution in [0.15, 0.2) is 12.1 Å². The first-order valence-corrected chi connectivity index (χ1v) is 6.35. The monoisotopic (exact) mass is 249 g/mol. The van der Waals surface area contributed by atoms with Crippen molar-refractivity contribution in [3.05, 3.63) is 12.1 Å². The molecule has 0 bridgehead atoms. The Kier molecular flexibility index (Phi) is 4.40. The van der Waals surface area contributed by atoms with E-state index in [9.17, 15) is 0 Å². The Morgan fingerprint density at radius 3 is 2.94 bits per heavy atom. The minimum absolute atomic E-state index is 0.654. The fraction of sp³-hybridized carbons (Fsp3) is 0.636. The van der Waals surface area contributed by atoms with Crippen molar-refractivity contribution in [1.82, 2.24) is 30.2 Å². The lowest BCUT2D eigenvalue weighted by Crippen LogP contribution is -2.29. The molecule has 2 rings (SSSR count). The zero-order valence-electron chi connectivity index (χ0n) is 10.9. The lowest BCUT2D eigenvalue weighted by Gasteiger charge is -2.19. The Morgan fingerprint density at radius 2 is 2.17 bits per heavy atom. The van der Waals surface area contributed by atoms with Crippen LogP contribution in [-0.2, 0) is 0 Å². The molecule has 0 saturated heterocycles. The van der Waals surface area contributed by atoms with Gasteiger partial charge in [0.15, 0.2) is 5.65 Å². The van der Waals surface area contributed by atoms with E-state index in [0.29, 0.717) is 5.65 Å². The van der Waals surface area contributed by atoms with Crippen LogP contribution in [-0.4, -0.2) is 56.3 Å². The van der Waals surface area contributed by atoms with Crippen LogP contribution in [0.3, 0.4) is 0 Å². The Hall–Kier alpha value is -1.76. The molecule has 0 radical (unpaired) electrons. The fourth-order valence-corrected chi connectivity index (χ4v) is 1.83. The van der Waals surface area contributed by atoms with Crippen LogP contribution in [0.2, 0.25) is 0 Å². The Labute approximate surface area is 106 Å². The number of rotatable bonds is 7. The van der Waals surface area contributed by atoms with Gasteiger partial charge in [-0.3, -0.25) is 0 Å². The van der Waals surface area contributed by atoms with Gasteiger partial charge in [-0.25, -0.2) is 0 Å². The molecule has 0 aromatic carbocycles. The summed E-state index contributed by atoms with van der Waals surface area (Å²) in [5, 5.41) is 18.7. The molecule has 0 amide bonds. The van der Waals surface area contributed by atoms with Gasteiger partial charge in [0, 0.05) is 13.1 Å². The highest BCUT2D eigenvalue weighted by atomic mass is 15.6. The summed E-state index contributed by atoms with van der Waals surface area (Å²) >= 11 is 0. The molecule has 0 atom stereocenters. The van der Waals surface area contributed by atoms with Crippen LogP contribution in [0.5, 0.6) is 0 Å². The third-order valence-electron chi connectivity index (χ3n) is 2.79. The molecule has 2 heterocycles. The predicted molar refractivity (Wildman–Crippen MR) is 69.5 cm³/mol. The van der Waals surface area contributed by atoms with E-state index in [2.05, 4.69) is 44.7 Å². The predicted octanol–water partition coefficient (Wildman–Crippen LogP) is 0.663. The van der Waals surface area contributed by atoms with Gasteiger partial charge in [-0.15, -0.1) is 14.8 Å². The summed E-state index contributed by atoms with van der Waals surface area (Å²) in [7, 11) is 0. The van der Waals surface area contributed by atoms with E-state index >= 15 is 0 Å². The van der Waals surface area contributed by atoms with E-state index in [4.69, 9.17) is 0 Å². The summed E-state index contributed by atoms with van der Waals surface area (Å²) in [5.41, 5.74) is 0.654. The molecule has 0 unspecified atom stereocenters. The number of nitrogens with one attached hydrogen (secondary N) is 1. The highest BCUT2D eigenvalue weighted by Gasteiger charge is 2.02. The van der Waals surface area contributed by atoms with Gasteiger partial charge >= 0.3 is 0 Å². The topological polar surface area (TPSA) is 71.2 Å². The number of hydrogen-bond donors (Lipinski definition) is 1. The van der Waals surface area contributed by atoms with Gasteiger partial charge in [0.1, 0.15) is 5.82 Å². The van der Waals surface area contributed by atoms with Crippen molar-refractivity contribution < 1.29 is 0 Å². The highest BCUT2D eigenvalue weighted by Crippen LogP contribution is 2.02. The second kappa shape index (κ2) is 6.25. The molecule has 18 heavy (non-hydrogen) atoms. The minimum Gasteiger partial charge on any atom is -0.367 e. The molecule has 0 spiro atoms. The van der Waals surface area contributed by atoms with Crippen LogP contribution < -0.4 is 5.32 Å². The lowest BCUT2D eigenvalue weighted by molar-refractivity contribution is 0.300. The summed E-state index contributed by atoms with van der Waals surface area (Å²) in [6.07, 6.45) is 1.18. The normalized spacial score (nSPS) is 11.3. The average molecular weight is 249 g/mol. The number of nitrogens with zero attached hydrogens (tertiary/aromatic N) is 6. The van der Waals surface area contributed by atoms with Crippen molar-refractivity contribution in [1.29, 1.82) is 0 Å². The molecule has 2 aromatic rings. The van der Waals surface area contributed by atoms with Gasteiger partial charge in [0.25, 0.3) is 0 Å². The molecule has 98 valence electrons. The van der Waals surface area contributed by atoms with Crippen LogP contribution in [0.25, 0.3) is 5.65 Å². The summed E-state index contributed by atoms with van der Waals surface area (Å²) < 4.78 is 1.42. The van der Waals surface area contributed by atoms with Gasteiger partial charge in [-0.05, 0) is 42.1 Å². The summed E-state index contributed by atoms with van der Waals surface area (Å²) in [6.45, 7) is 8.48. The van der Waals surface area contributed by atoms with Crippen molar-refractivity contribution in [3.63, 3.8) is 0 Å². The molecular formula is C11H19N7. The standard InChI is InChI=1S/C11H19N7/c1-3-8-17(4-2)9-7-12-10-5-6-11-13-15-16-18(11)14-10/h5-6H,3-4,7-9H2,1-2H3,(H,12,14). The van der Waals surface area contributed by atoms with Gasteiger partial charge in [0.05, 0.1) is 0 Å². The van der Waals surface area contributed by atoms with Gasteiger partial charge in [-0.2, -0.15) is 0 Å². The molecule has 0 saturated carbocycles. The van der Waals surface area contributed by atoms with E-state index in [0.717, 1.165) is 32.0 Å². The van der Waals surface area contributed by atoms with Gasteiger partial charge < -0.3 is 10.2 Å². The van der Waals surface area contributed by atoms with Crippen LogP contribution >= 0.6 is 0 Å². The minimum atomic E-state index is 0.654. The maximum Gasteiger partial charge on any atom is 0.200 e. The van der Waals surface area contributed by atoms with E-state index in [1.54, 1.807) is 0 Å². The van der Waals surface area contributed by atoms with Crippen LogP contribution in [0, 0.1) is 0 Å². The third-order valence-corrected chi connectivity index (χ3v) is 2.79. The first kappa shape index (κ1) is 12.7. The fourth-order valence-electron chi connectivity index (χ4n) is 1.83. The van der Waals surface area contributed by atoms with Crippen molar-refractivity contribution in [2.45, 2.75) is 20.3 Å². The number of aromatic nitrogens is 5. The molecule has 0 aliphatic rings. The Bertz CT molecular complexity index is 481. The van der Waals surface area contributed by atoms with Gasteiger partial charge in [0.2, 0.25) is 0 Å². The Morgan fingerprint density at radius 1 is 1.28 bits per heavy atom. The molecule has 2 aromatic heterocycles. The number of hydrogen-bond acceptors (Lipinski definition) is 6. The second-order valence-electron chi connectivity index (χ2n) is 4.11. The number of likely N-dealkylation sites (N-methyl/N-ethyl adjacent to an activating group) is 1. The second-order valence-corrected chi connectivity index (χ2v) is 4.11. The molecular weight excluding hydrogens is 230 g/mol. The van der Waals surface area contributed by atoms with Crippen molar-refractivity contribution >= 4 is 11.5 Å². The maximum absolute atomic E-state index is 4.25. The molecule has 0 aliphatic heterocycles. The maximum atomic E-state index is 4.25. The smallest absolute Gasteiger partial charge is 0.200 e. The van der Waals surface area contributed by atoms with Gasteiger partial charge in [-0.1, -0.05) is 13.8 Å².